The van der Waals surface area contributed by atoms with Gasteiger partial charge in [0.25, 0.3) is 0 Å². The van der Waals surface area contributed by atoms with Crippen LogP contribution in [0.5, 0.6) is 0 Å². The second kappa shape index (κ2) is 8.03. The Morgan fingerprint density at radius 2 is 1.92 bits per heavy atom. The van der Waals surface area contributed by atoms with Crippen molar-refractivity contribution in [3.8, 4) is 5.82 Å². The van der Waals surface area contributed by atoms with Crippen LogP contribution >= 0.6 is 0 Å². The fraction of sp³-hybridized carbons (Fsp3) is 0.350. The molecule has 0 fully saturated rings. The molecule has 0 bridgehead atoms. The maximum absolute atomic E-state index is 4.56. The van der Waals surface area contributed by atoms with Gasteiger partial charge < -0.3 is 5.32 Å². The predicted octanol–water partition coefficient (Wildman–Crippen LogP) is 3.85. The number of nitrogens with zero attached hydrogens (tertiary/aromatic N) is 4. The van der Waals surface area contributed by atoms with E-state index in [1.54, 1.807) is 6.20 Å². The Labute approximate surface area is 149 Å². The van der Waals surface area contributed by atoms with Crippen LogP contribution < -0.4 is 5.32 Å². The quantitative estimate of drug-likeness (QED) is 0.712. The van der Waals surface area contributed by atoms with Crippen LogP contribution in [0.2, 0.25) is 0 Å². The van der Waals surface area contributed by atoms with Gasteiger partial charge in [0.15, 0.2) is 0 Å². The molecule has 1 atom stereocenters. The number of hydrogen-bond donors (Lipinski definition) is 1. The van der Waals surface area contributed by atoms with Crippen LogP contribution in [0, 0.1) is 12.8 Å². The average Bonchev–Trinajstić information content (AvgIpc) is 3.05. The Morgan fingerprint density at radius 3 is 2.52 bits per heavy atom. The highest BCUT2D eigenvalue weighted by Gasteiger charge is 2.14. The standard InChI is InChI=1S/C20H25N5/c1-15(2)12-19(18-6-4-5-9-22-18)23-13-17-7-8-20(24-14-17)25-11-10-21-16(25)3/h4-11,14-15,19,23H,12-13H2,1-3H3. The molecule has 0 aliphatic rings. The van der Waals surface area contributed by atoms with E-state index in [1.807, 2.05) is 48.3 Å². The van der Waals surface area contributed by atoms with Crippen LogP contribution in [0.3, 0.4) is 0 Å². The summed E-state index contributed by atoms with van der Waals surface area (Å²) in [5.74, 6) is 2.43. The van der Waals surface area contributed by atoms with Crippen molar-refractivity contribution in [2.24, 2.45) is 5.92 Å². The van der Waals surface area contributed by atoms with Crippen molar-refractivity contribution in [1.82, 2.24) is 24.8 Å². The largest absolute Gasteiger partial charge is 0.304 e. The molecule has 1 unspecified atom stereocenters. The first-order valence-electron chi connectivity index (χ1n) is 8.73. The Morgan fingerprint density at radius 1 is 1.04 bits per heavy atom. The lowest BCUT2D eigenvalue weighted by Crippen LogP contribution is -2.23. The van der Waals surface area contributed by atoms with Crippen LogP contribution in [0.4, 0.5) is 0 Å². The number of hydrogen-bond acceptors (Lipinski definition) is 4. The van der Waals surface area contributed by atoms with Crippen molar-refractivity contribution in [1.29, 1.82) is 0 Å². The molecular weight excluding hydrogens is 310 g/mol. The van der Waals surface area contributed by atoms with Crippen LogP contribution in [0.25, 0.3) is 5.82 Å². The van der Waals surface area contributed by atoms with Gasteiger partial charge in [-0.25, -0.2) is 9.97 Å². The van der Waals surface area contributed by atoms with E-state index < -0.39 is 0 Å². The van der Waals surface area contributed by atoms with Crippen molar-refractivity contribution in [2.45, 2.75) is 39.8 Å². The van der Waals surface area contributed by atoms with Crippen LogP contribution in [-0.4, -0.2) is 19.5 Å². The third-order valence-electron chi connectivity index (χ3n) is 4.19. The van der Waals surface area contributed by atoms with E-state index in [-0.39, 0.29) is 6.04 Å². The molecule has 0 aliphatic carbocycles. The van der Waals surface area contributed by atoms with Gasteiger partial charge in [0.2, 0.25) is 0 Å². The Balaban J connectivity index is 1.67. The lowest BCUT2D eigenvalue weighted by molar-refractivity contribution is 0.421. The minimum absolute atomic E-state index is 0.247. The van der Waals surface area contributed by atoms with Crippen LogP contribution in [0.1, 0.15) is 43.4 Å². The van der Waals surface area contributed by atoms with Gasteiger partial charge in [-0.1, -0.05) is 26.0 Å². The molecule has 3 rings (SSSR count). The van der Waals surface area contributed by atoms with E-state index in [9.17, 15) is 0 Å². The van der Waals surface area contributed by atoms with E-state index in [2.05, 4.69) is 46.2 Å². The molecule has 0 aliphatic heterocycles. The highest BCUT2D eigenvalue weighted by atomic mass is 15.1. The molecule has 0 saturated heterocycles. The molecule has 25 heavy (non-hydrogen) atoms. The molecule has 1 N–H and O–H groups in total. The Kier molecular flexibility index (Phi) is 5.56. The molecule has 0 radical (unpaired) electrons. The van der Waals surface area contributed by atoms with Crippen molar-refractivity contribution in [2.75, 3.05) is 0 Å². The molecule has 5 heteroatoms. The molecular formula is C20H25N5. The topological polar surface area (TPSA) is 55.6 Å². The van der Waals surface area contributed by atoms with Crippen LogP contribution in [-0.2, 0) is 6.54 Å². The Hall–Kier alpha value is -2.53. The summed E-state index contributed by atoms with van der Waals surface area (Å²) in [6, 6.07) is 10.5. The van der Waals surface area contributed by atoms with Gasteiger partial charge in [-0.05, 0) is 43.0 Å². The molecule has 3 aromatic heterocycles. The van der Waals surface area contributed by atoms with E-state index in [1.165, 1.54) is 0 Å². The lowest BCUT2D eigenvalue weighted by Gasteiger charge is -2.20. The Bertz CT molecular complexity index is 777. The average molecular weight is 335 g/mol. The van der Waals surface area contributed by atoms with Gasteiger partial charge in [0, 0.05) is 37.4 Å². The van der Waals surface area contributed by atoms with E-state index in [0.717, 1.165) is 35.9 Å². The first-order valence-corrected chi connectivity index (χ1v) is 8.73. The van der Waals surface area contributed by atoms with Gasteiger partial charge in [-0.3, -0.25) is 9.55 Å². The van der Waals surface area contributed by atoms with Crippen LogP contribution in [0.15, 0.2) is 55.1 Å². The molecule has 0 aromatic carbocycles. The molecule has 5 nitrogen and oxygen atoms in total. The minimum Gasteiger partial charge on any atom is -0.304 e. The van der Waals surface area contributed by atoms with Gasteiger partial charge >= 0.3 is 0 Å². The van der Waals surface area contributed by atoms with Gasteiger partial charge in [0.05, 0.1) is 5.69 Å². The third-order valence-corrected chi connectivity index (χ3v) is 4.19. The molecule has 0 saturated carbocycles. The van der Waals surface area contributed by atoms with Crippen molar-refractivity contribution >= 4 is 0 Å². The predicted molar refractivity (Wildman–Crippen MR) is 99.4 cm³/mol. The van der Waals surface area contributed by atoms with E-state index >= 15 is 0 Å². The second-order valence-corrected chi connectivity index (χ2v) is 6.69. The molecule has 130 valence electrons. The SMILES string of the molecule is Cc1nccn1-c1ccc(CNC(CC(C)C)c2ccccn2)cn1. The van der Waals surface area contributed by atoms with Gasteiger partial charge in [-0.15, -0.1) is 0 Å². The molecule has 3 aromatic rings. The van der Waals surface area contributed by atoms with Gasteiger partial charge in [-0.2, -0.15) is 0 Å². The highest BCUT2D eigenvalue weighted by Crippen LogP contribution is 2.20. The van der Waals surface area contributed by atoms with Crippen molar-refractivity contribution < 1.29 is 0 Å². The summed E-state index contributed by atoms with van der Waals surface area (Å²) in [4.78, 5) is 13.3. The fourth-order valence-corrected chi connectivity index (χ4v) is 2.89. The van der Waals surface area contributed by atoms with Crippen molar-refractivity contribution in [3.05, 3.63) is 72.2 Å². The van der Waals surface area contributed by atoms with E-state index in [0.29, 0.717) is 5.92 Å². The molecule has 3 heterocycles. The number of nitrogens with one attached hydrogen (secondary N) is 1. The zero-order valence-electron chi connectivity index (χ0n) is 15.1. The lowest BCUT2D eigenvalue weighted by atomic mass is 10.0. The number of rotatable bonds is 7. The zero-order chi connectivity index (χ0) is 17.6. The first kappa shape index (κ1) is 17.3. The summed E-state index contributed by atoms with van der Waals surface area (Å²) in [6.45, 7) is 7.22. The third kappa shape index (κ3) is 4.51. The second-order valence-electron chi connectivity index (χ2n) is 6.69. The summed E-state index contributed by atoms with van der Waals surface area (Å²) >= 11 is 0. The number of imidazole rings is 1. The summed E-state index contributed by atoms with van der Waals surface area (Å²) in [5.41, 5.74) is 2.25. The fourth-order valence-electron chi connectivity index (χ4n) is 2.89. The number of aryl methyl sites for hydroxylation is 1. The number of aromatic nitrogens is 4. The maximum Gasteiger partial charge on any atom is 0.137 e. The maximum atomic E-state index is 4.56. The van der Waals surface area contributed by atoms with Crippen molar-refractivity contribution in [3.63, 3.8) is 0 Å². The smallest absolute Gasteiger partial charge is 0.137 e. The summed E-state index contributed by atoms with van der Waals surface area (Å²) in [7, 11) is 0. The summed E-state index contributed by atoms with van der Waals surface area (Å²) in [6.07, 6.45) is 8.54. The number of pyridine rings is 2. The molecule has 0 spiro atoms. The minimum atomic E-state index is 0.247. The normalized spacial score (nSPS) is 12.5. The van der Waals surface area contributed by atoms with E-state index in [4.69, 9.17) is 0 Å². The zero-order valence-corrected chi connectivity index (χ0v) is 15.1. The highest BCUT2D eigenvalue weighted by molar-refractivity contribution is 5.27. The summed E-state index contributed by atoms with van der Waals surface area (Å²) in [5, 5.41) is 3.63. The van der Waals surface area contributed by atoms with Gasteiger partial charge in [0.1, 0.15) is 11.6 Å². The summed E-state index contributed by atoms with van der Waals surface area (Å²) < 4.78 is 1.98. The monoisotopic (exact) mass is 335 g/mol. The molecule has 0 amide bonds. The first-order chi connectivity index (χ1) is 12.1.